The van der Waals surface area contributed by atoms with E-state index < -0.39 is 0 Å². The van der Waals surface area contributed by atoms with Crippen LogP contribution < -0.4 is 0 Å². The molecule has 0 N–H and O–H groups in total. The van der Waals surface area contributed by atoms with E-state index in [-0.39, 0.29) is 0 Å². The van der Waals surface area contributed by atoms with Crippen molar-refractivity contribution in [1.29, 1.82) is 0 Å². The van der Waals surface area contributed by atoms with E-state index in [0.29, 0.717) is 0 Å². The fourth-order valence-corrected chi connectivity index (χ4v) is 3.87. The Balaban J connectivity index is 1.42. The third-order valence-corrected chi connectivity index (χ3v) is 5.28. The van der Waals surface area contributed by atoms with E-state index in [2.05, 4.69) is 20.8 Å². The van der Waals surface area contributed by atoms with Crippen LogP contribution in [0.15, 0.2) is 0 Å². The van der Waals surface area contributed by atoms with Gasteiger partial charge in [-0.25, -0.2) is 0 Å². The van der Waals surface area contributed by atoms with Gasteiger partial charge in [-0.1, -0.05) is 20.8 Å². The van der Waals surface area contributed by atoms with Gasteiger partial charge < -0.3 is 0 Å². The smallest absolute Gasteiger partial charge is 0.0261 e. The van der Waals surface area contributed by atoms with E-state index in [4.69, 9.17) is 0 Å². The Morgan fingerprint density at radius 2 is 1.86 bits per heavy atom. The van der Waals surface area contributed by atoms with Crippen LogP contribution in [-0.2, 0) is 0 Å². The first-order chi connectivity index (χ1) is 6.61. The van der Waals surface area contributed by atoms with Crippen LogP contribution in [-0.4, -0.2) is 0 Å². The minimum Gasteiger partial charge on any atom is -0.0625 e. The van der Waals surface area contributed by atoms with Gasteiger partial charge in [-0.3, -0.25) is 0 Å². The van der Waals surface area contributed by atoms with Gasteiger partial charge in [-0.15, -0.1) is 0 Å². The number of fused-ring (bicyclic) bond motifs is 1. The van der Waals surface area contributed by atoms with Gasteiger partial charge in [0, 0.05) is 0 Å². The van der Waals surface area contributed by atoms with Crippen LogP contribution in [0, 0.1) is 35.0 Å². The van der Waals surface area contributed by atoms with E-state index >= 15 is 0 Å². The molecule has 3 fully saturated rings. The zero-order valence-electron chi connectivity index (χ0n) is 9.92. The monoisotopic (exact) mass is 192 g/mol. The molecule has 3 saturated carbocycles. The zero-order valence-corrected chi connectivity index (χ0v) is 9.92. The second-order valence-corrected chi connectivity index (χ2v) is 6.87. The summed E-state index contributed by atoms with van der Waals surface area (Å²) in [7, 11) is 0. The third kappa shape index (κ3) is 1.51. The molecular weight excluding hydrogens is 168 g/mol. The first-order valence-electron chi connectivity index (χ1n) is 6.61. The summed E-state index contributed by atoms with van der Waals surface area (Å²) in [6.45, 7) is 7.40. The molecule has 0 aromatic rings. The molecule has 4 unspecified atom stereocenters. The Bertz CT molecular complexity index is 236. The van der Waals surface area contributed by atoms with Gasteiger partial charge in [0.15, 0.2) is 0 Å². The van der Waals surface area contributed by atoms with E-state index in [1.165, 1.54) is 18.8 Å². The Kier molecular flexibility index (Phi) is 1.83. The Labute approximate surface area is 88.5 Å². The van der Waals surface area contributed by atoms with Crippen molar-refractivity contribution < 1.29 is 0 Å². The molecule has 0 heteroatoms. The van der Waals surface area contributed by atoms with Gasteiger partial charge in [0.1, 0.15) is 0 Å². The zero-order chi connectivity index (χ0) is 9.92. The molecule has 0 aromatic carbocycles. The van der Waals surface area contributed by atoms with Crippen LogP contribution in [0.5, 0.6) is 0 Å². The first-order valence-corrected chi connectivity index (χ1v) is 6.61. The van der Waals surface area contributed by atoms with Gasteiger partial charge in [-0.05, 0) is 67.1 Å². The summed E-state index contributed by atoms with van der Waals surface area (Å²) < 4.78 is 0. The minimum absolute atomic E-state index is 0.925. The SMILES string of the molecule is CC(CC(C)C1CC1C)CC12CC1C2. The molecular formula is C14H24. The highest BCUT2D eigenvalue weighted by Crippen LogP contribution is 2.78. The standard InChI is InChI=1S/C14H24/c1-9(6-14-7-12(14)8-14)4-10(2)13-5-11(13)3/h9-13H,4-8H2,1-3H3. The van der Waals surface area contributed by atoms with Gasteiger partial charge in [0.05, 0.1) is 0 Å². The number of hydrogen-bond donors (Lipinski definition) is 0. The maximum absolute atomic E-state index is 2.49. The van der Waals surface area contributed by atoms with E-state index in [1.54, 1.807) is 19.3 Å². The third-order valence-electron chi connectivity index (χ3n) is 5.28. The van der Waals surface area contributed by atoms with Crippen LogP contribution in [0.1, 0.15) is 52.9 Å². The van der Waals surface area contributed by atoms with Gasteiger partial charge in [0.2, 0.25) is 0 Å². The van der Waals surface area contributed by atoms with Crippen molar-refractivity contribution in [2.75, 3.05) is 0 Å². The molecule has 0 radical (unpaired) electrons. The fraction of sp³-hybridized carbons (Fsp3) is 1.00. The highest BCUT2D eigenvalue weighted by atomic mass is 14.7. The summed E-state index contributed by atoms with van der Waals surface area (Å²) in [6, 6.07) is 0. The van der Waals surface area contributed by atoms with Crippen molar-refractivity contribution in [1.82, 2.24) is 0 Å². The summed E-state index contributed by atoms with van der Waals surface area (Å²) >= 11 is 0. The average molecular weight is 192 g/mol. The molecule has 0 heterocycles. The molecule has 3 aliphatic rings. The second-order valence-electron chi connectivity index (χ2n) is 6.87. The lowest BCUT2D eigenvalue weighted by atomic mass is 9.87. The normalized spacial score (nSPS) is 52.1. The molecule has 14 heavy (non-hydrogen) atoms. The molecule has 0 aromatic heterocycles. The molecule has 0 aliphatic heterocycles. The topological polar surface area (TPSA) is 0 Å². The Hall–Kier alpha value is 0. The molecule has 0 amide bonds. The maximum atomic E-state index is 2.49. The van der Waals surface area contributed by atoms with E-state index in [1.807, 2.05) is 0 Å². The van der Waals surface area contributed by atoms with Crippen LogP contribution >= 0.6 is 0 Å². The molecule has 0 spiro atoms. The predicted octanol–water partition coefficient (Wildman–Crippen LogP) is 4.10. The molecule has 3 rings (SSSR count). The molecule has 0 saturated heterocycles. The first kappa shape index (κ1) is 9.24. The van der Waals surface area contributed by atoms with E-state index in [9.17, 15) is 0 Å². The highest BCUT2D eigenvalue weighted by Gasteiger charge is 2.68. The lowest BCUT2D eigenvalue weighted by Gasteiger charge is -2.18. The van der Waals surface area contributed by atoms with Crippen molar-refractivity contribution in [3.8, 4) is 0 Å². The highest BCUT2D eigenvalue weighted by molar-refractivity contribution is 5.18. The summed E-state index contributed by atoms with van der Waals surface area (Å²) in [5.41, 5.74) is 0.925. The van der Waals surface area contributed by atoms with Crippen molar-refractivity contribution in [3.05, 3.63) is 0 Å². The summed E-state index contributed by atoms with van der Waals surface area (Å²) in [5.74, 6) is 5.34. The van der Waals surface area contributed by atoms with Crippen LogP contribution in [0.3, 0.4) is 0 Å². The summed E-state index contributed by atoms with van der Waals surface area (Å²) in [4.78, 5) is 0. The lowest BCUT2D eigenvalue weighted by molar-refractivity contribution is 0.326. The molecule has 80 valence electrons. The largest absolute Gasteiger partial charge is 0.0625 e. The summed E-state index contributed by atoms with van der Waals surface area (Å²) in [5, 5.41) is 0. The molecule has 0 bridgehead atoms. The molecule has 3 aliphatic carbocycles. The van der Waals surface area contributed by atoms with Crippen LogP contribution in [0.2, 0.25) is 0 Å². The van der Waals surface area contributed by atoms with Crippen molar-refractivity contribution >= 4 is 0 Å². The summed E-state index contributed by atoms with van der Waals surface area (Å²) in [6.07, 6.45) is 7.76. The van der Waals surface area contributed by atoms with Gasteiger partial charge in [0.25, 0.3) is 0 Å². The lowest BCUT2D eigenvalue weighted by Crippen LogP contribution is -2.08. The number of rotatable bonds is 5. The Morgan fingerprint density at radius 3 is 2.29 bits per heavy atom. The van der Waals surface area contributed by atoms with Crippen LogP contribution in [0.4, 0.5) is 0 Å². The maximum Gasteiger partial charge on any atom is -0.0261 e. The van der Waals surface area contributed by atoms with Gasteiger partial charge in [-0.2, -0.15) is 0 Å². The predicted molar refractivity (Wildman–Crippen MR) is 60.0 cm³/mol. The van der Waals surface area contributed by atoms with Gasteiger partial charge >= 0.3 is 0 Å². The second kappa shape index (κ2) is 2.77. The molecule has 0 nitrogen and oxygen atoms in total. The van der Waals surface area contributed by atoms with Crippen LogP contribution in [0.25, 0.3) is 0 Å². The van der Waals surface area contributed by atoms with Crippen molar-refractivity contribution in [2.24, 2.45) is 35.0 Å². The quantitative estimate of drug-likeness (QED) is 0.615. The number of hydrogen-bond acceptors (Lipinski definition) is 0. The minimum atomic E-state index is 0.925. The average Bonchev–Trinajstić information content (AvgIpc) is 2.86. The molecule has 4 atom stereocenters. The fourth-order valence-electron chi connectivity index (χ4n) is 3.87. The van der Waals surface area contributed by atoms with E-state index in [0.717, 1.165) is 29.1 Å². The van der Waals surface area contributed by atoms with Crippen molar-refractivity contribution in [3.63, 3.8) is 0 Å². The van der Waals surface area contributed by atoms with Crippen molar-refractivity contribution in [2.45, 2.75) is 52.9 Å². The Morgan fingerprint density at radius 1 is 1.29 bits per heavy atom.